The first-order chi connectivity index (χ1) is 8.92. The number of carbonyl (C=O) groups excluding carboxylic acids is 1. The average molecular weight is 269 g/mol. The van der Waals surface area contributed by atoms with E-state index in [1.54, 1.807) is 21.0 Å². The van der Waals surface area contributed by atoms with Gasteiger partial charge in [0.1, 0.15) is 5.69 Å². The maximum absolute atomic E-state index is 11.7. The standard InChI is InChI=1S/C11H19N5O3/c1-5-8-10(16(18)19)11(15(4)13-8)12-7-9(17)14(3)6-2/h12H,5-7H2,1-4H3. The minimum Gasteiger partial charge on any atom is -0.355 e. The number of anilines is 1. The maximum atomic E-state index is 11.7. The Morgan fingerprint density at radius 3 is 2.63 bits per heavy atom. The number of nitro groups is 1. The molecule has 0 bridgehead atoms. The van der Waals surface area contributed by atoms with Crippen LogP contribution in [0.4, 0.5) is 11.5 Å². The van der Waals surface area contributed by atoms with Crippen LogP contribution in [0.1, 0.15) is 19.5 Å². The summed E-state index contributed by atoms with van der Waals surface area (Å²) in [6, 6.07) is 0. The summed E-state index contributed by atoms with van der Waals surface area (Å²) in [5, 5.41) is 17.9. The smallest absolute Gasteiger partial charge is 0.333 e. The van der Waals surface area contributed by atoms with Gasteiger partial charge in [-0.05, 0) is 13.3 Å². The van der Waals surface area contributed by atoms with E-state index in [0.717, 1.165) is 0 Å². The molecule has 0 unspecified atom stereocenters. The van der Waals surface area contributed by atoms with Crippen molar-refractivity contribution in [2.45, 2.75) is 20.3 Å². The molecule has 106 valence electrons. The van der Waals surface area contributed by atoms with Crippen molar-refractivity contribution in [2.75, 3.05) is 25.5 Å². The number of nitrogens with one attached hydrogen (secondary N) is 1. The van der Waals surface area contributed by atoms with Crippen molar-refractivity contribution in [1.82, 2.24) is 14.7 Å². The highest BCUT2D eigenvalue weighted by Gasteiger charge is 2.25. The predicted octanol–water partition coefficient (Wildman–Crippen LogP) is 0.781. The van der Waals surface area contributed by atoms with Gasteiger partial charge in [-0.25, -0.2) is 4.68 Å². The highest BCUT2D eigenvalue weighted by atomic mass is 16.6. The number of likely N-dealkylation sites (N-methyl/N-ethyl adjacent to an activating group) is 1. The lowest BCUT2D eigenvalue weighted by Gasteiger charge is -2.14. The van der Waals surface area contributed by atoms with Crippen LogP contribution in [0, 0.1) is 10.1 Å². The van der Waals surface area contributed by atoms with Crippen molar-refractivity contribution in [1.29, 1.82) is 0 Å². The molecular formula is C11H19N5O3. The molecule has 0 aliphatic heterocycles. The highest BCUT2D eigenvalue weighted by Crippen LogP contribution is 2.28. The van der Waals surface area contributed by atoms with Gasteiger partial charge < -0.3 is 10.2 Å². The van der Waals surface area contributed by atoms with E-state index >= 15 is 0 Å². The largest absolute Gasteiger partial charge is 0.355 e. The van der Waals surface area contributed by atoms with E-state index < -0.39 is 4.92 Å². The molecule has 1 aromatic rings. The van der Waals surface area contributed by atoms with E-state index in [0.29, 0.717) is 18.7 Å². The van der Waals surface area contributed by atoms with Crippen LogP contribution in [-0.4, -0.2) is 45.6 Å². The molecule has 0 atom stereocenters. The van der Waals surface area contributed by atoms with Crippen LogP contribution < -0.4 is 5.32 Å². The molecule has 0 fully saturated rings. The van der Waals surface area contributed by atoms with Gasteiger partial charge in [0, 0.05) is 20.6 Å². The van der Waals surface area contributed by atoms with Crippen LogP contribution >= 0.6 is 0 Å². The van der Waals surface area contributed by atoms with Crippen LogP contribution in [0.25, 0.3) is 0 Å². The molecule has 0 saturated heterocycles. The summed E-state index contributed by atoms with van der Waals surface area (Å²) < 4.78 is 1.40. The number of aryl methyl sites for hydroxylation is 2. The van der Waals surface area contributed by atoms with Crippen LogP contribution in [0.3, 0.4) is 0 Å². The average Bonchev–Trinajstić information content (AvgIpc) is 2.71. The molecule has 0 aromatic carbocycles. The Morgan fingerprint density at radius 2 is 2.16 bits per heavy atom. The third-order valence-corrected chi connectivity index (χ3v) is 2.92. The summed E-state index contributed by atoms with van der Waals surface area (Å²) in [6.07, 6.45) is 0.467. The van der Waals surface area contributed by atoms with E-state index in [4.69, 9.17) is 0 Å². The fourth-order valence-corrected chi connectivity index (χ4v) is 1.67. The van der Waals surface area contributed by atoms with Gasteiger partial charge in [-0.3, -0.25) is 14.9 Å². The Hall–Kier alpha value is -2.12. The first kappa shape index (κ1) is 14.9. The van der Waals surface area contributed by atoms with Gasteiger partial charge in [0.15, 0.2) is 0 Å². The highest BCUT2D eigenvalue weighted by molar-refractivity contribution is 5.81. The van der Waals surface area contributed by atoms with Crippen LogP contribution in [0.2, 0.25) is 0 Å². The van der Waals surface area contributed by atoms with Crippen LogP contribution in [-0.2, 0) is 18.3 Å². The third kappa shape index (κ3) is 3.21. The molecule has 1 rings (SSSR count). The molecule has 0 saturated carbocycles. The Kier molecular flexibility index (Phi) is 4.85. The van der Waals surface area contributed by atoms with E-state index in [9.17, 15) is 14.9 Å². The van der Waals surface area contributed by atoms with Gasteiger partial charge in [-0.1, -0.05) is 6.92 Å². The fourth-order valence-electron chi connectivity index (χ4n) is 1.67. The van der Waals surface area contributed by atoms with Gasteiger partial charge in [0.2, 0.25) is 11.7 Å². The minimum absolute atomic E-state index is 0.00781. The SMILES string of the molecule is CCc1nn(C)c(NCC(=O)N(C)CC)c1[N+](=O)[O-]. The molecule has 1 aromatic heterocycles. The number of hydrogen-bond acceptors (Lipinski definition) is 5. The molecule has 0 aliphatic carbocycles. The summed E-state index contributed by atoms with van der Waals surface area (Å²) in [5.41, 5.74) is 0.350. The van der Waals surface area contributed by atoms with Crippen molar-refractivity contribution in [3.8, 4) is 0 Å². The summed E-state index contributed by atoms with van der Waals surface area (Å²) in [6.45, 7) is 4.26. The Balaban J connectivity index is 2.92. The zero-order chi connectivity index (χ0) is 14.6. The zero-order valence-corrected chi connectivity index (χ0v) is 11.6. The van der Waals surface area contributed by atoms with Crippen molar-refractivity contribution in [3.05, 3.63) is 15.8 Å². The number of amides is 1. The maximum Gasteiger partial charge on any atom is 0.333 e. The Morgan fingerprint density at radius 1 is 1.53 bits per heavy atom. The van der Waals surface area contributed by atoms with E-state index in [1.807, 2.05) is 6.92 Å². The lowest BCUT2D eigenvalue weighted by Crippen LogP contribution is -2.32. The second-order valence-corrected chi connectivity index (χ2v) is 4.14. The van der Waals surface area contributed by atoms with Gasteiger partial charge in [-0.15, -0.1) is 0 Å². The number of carbonyl (C=O) groups is 1. The molecule has 8 heteroatoms. The van der Waals surface area contributed by atoms with Gasteiger partial charge in [0.25, 0.3) is 0 Å². The summed E-state index contributed by atoms with van der Waals surface area (Å²) in [5.74, 6) is 0.135. The lowest BCUT2D eigenvalue weighted by molar-refractivity contribution is -0.384. The van der Waals surface area contributed by atoms with Crippen LogP contribution in [0.5, 0.6) is 0 Å². The molecule has 8 nitrogen and oxygen atoms in total. The van der Waals surface area contributed by atoms with Crippen molar-refractivity contribution in [3.63, 3.8) is 0 Å². The molecule has 19 heavy (non-hydrogen) atoms. The number of rotatable bonds is 6. The van der Waals surface area contributed by atoms with Gasteiger partial charge in [-0.2, -0.15) is 5.10 Å². The molecule has 0 spiro atoms. The Bertz CT molecular complexity index is 483. The van der Waals surface area contributed by atoms with Crippen LogP contribution in [0.15, 0.2) is 0 Å². The summed E-state index contributed by atoms with van der Waals surface area (Å²) in [4.78, 5) is 23.8. The third-order valence-electron chi connectivity index (χ3n) is 2.92. The van der Waals surface area contributed by atoms with Crippen molar-refractivity contribution < 1.29 is 9.72 Å². The number of aromatic nitrogens is 2. The van der Waals surface area contributed by atoms with Gasteiger partial charge in [0.05, 0.1) is 11.5 Å². The van der Waals surface area contributed by atoms with Crippen molar-refractivity contribution in [2.24, 2.45) is 7.05 Å². The zero-order valence-electron chi connectivity index (χ0n) is 11.6. The topological polar surface area (TPSA) is 93.3 Å². The quantitative estimate of drug-likeness (QED) is 0.608. The minimum atomic E-state index is -0.470. The normalized spacial score (nSPS) is 10.3. The molecule has 1 heterocycles. The molecule has 0 radical (unpaired) electrons. The summed E-state index contributed by atoms with van der Waals surface area (Å²) in [7, 11) is 3.29. The van der Waals surface area contributed by atoms with E-state index in [2.05, 4.69) is 10.4 Å². The second-order valence-electron chi connectivity index (χ2n) is 4.14. The monoisotopic (exact) mass is 269 g/mol. The predicted molar refractivity (Wildman–Crippen MR) is 71.0 cm³/mol. The molecule has 1 amide bonds. The molecule has 1 N–H and O–H groups in total. The first-order valence-corrected chi connectivity index (χ1v) is 6.10. The van der Waals surface area contributed by atoms with Gasteiger partial charge >= 0.3 is 5.69 Å². The molecule has 0 aliphatic rings. The Labute approximate surface area is 111 Å². The molecular weight excluding hydrogens is 250 g/mol. The van der Waals surface area contributed by atoms with E-state index in [-0.39, 0.29) is 24.0 Å². The first-order valence-electron chi connectivity index (χ1n) is 6.10. The van der Waals surface area contributed by atoms with E-state index in [1.165, 1.54) is 9.58 Å². The lowest BCUT2D eigenvalue weighted by atomic mass is 10.3. The second kappa shape index (κ2) is 6.17. The van der Waals surface area contributed by atoms with Crippen molar-refractivity contribution >= 4 is 17.4 Å². The fraction of sp³-hybridized carbons (Fsp3) is 0.636. The summed E-state index contributed by atoms with van der Waals surface area (Å²) >= 11 is 0. The number of nitrogens with zero attached hydrogens (tertiary/aromatic N) is 4. The number of hydrogen-bond donors (Lipinski definition) is 1.